The lowest BCUT2D eigenvalue weighted by Crippen LogP contribution is -2.15. The van der Waals surface area contributed by atoms with E-state index in [4.69, 9.17) is 18.3 Å². The second kappa shape index (κ2) is 7.32. The third-order valence-electron chi connectivity index (χ3n) is 4.60. The fraction of sp³-hybridized carbons (Fsp3) is 0.182. The Balaban J connectivity index is 1.55. The van der Waals surface area contributed by atoms with Crippen molar-refractivity contribution in [3.63, 3.8) is 0 Å². The number of aryl methyl sites for hydroxylation is 1. The lowest BCUT2D eigenvalue weighted by atomic mass is 10.1. The molecule has 0 N–H and O–H groups in total. The summed E-state index contributed by atoms with van der Waals surface area (Å²) in [6.07, 6.45) is 0. The number of Topliss-reactive ketones (excluding diaryl/α,β-unsaturated/α-hetero) is 1. The van der Waals surface area contributed by atoms with E-state index in [1.165, 1.54) is 7.11 Å². The van der Waals surface area contributed by atoms with E-state index in [9.17, 15) is 9.59 Å². The highest BCUT2D eigenvalue weighted by atomic mass is 16.5. The Bertz CT molecular complexity index is 1180. The fourth-order valence-corrected chi connectivity index (χ4v) is 3.25. The highest BCUT2D eigenvalue weighted by molar-refractivity contribution is 6.02. The summed E-state index contributed by atoms with van der Waals surface area (Å²) >= 11 is 0. The van der Waals surface area contributed by atoms with Gasteiger partial charge in [-0.1, -0.05) is 36.4 Å². The maximum atomic E-state index is 12.5. The van der Waals surface area contributed by atoms with Crippen LogP contribution in [0.1, 0.15) is 32.2 Å². The number of carbonyl (C=O) groups is 2. The first kappa shape index (κ1) is 18.0. The van der Waals surface area contributed by atoms with Gasteiger partial charge in [-0.2, -0.15) is 0 Å². The van der Waals surface area contributed by atoms with Crippen LogP contribution in [0.2, 0.25) is 0 Å². The third kappa shape index (κ3) is 3.08. The van der Waals surface area contributed by atoms with Crippen molar-refractivity contribution >= 4 is 33.7 Å². The monoisotopic (exact) mass is 378 g/mol. The molecule has 6 nitrogen and oxygen atoms in total. The van der Waals surface area contributed by atoms with Gasteiger partial charge in [0, 0.05) is 29.0 Å². The van der Waals surface area contributed by atoms with Crippen LogP contribution in [0, 0.1) is 6.92 Å². The molecule has 0 spiro atoms. The average molecular weight is 378 g/mol. The molecule has 28 heavy (non-hydrogen) atoms. The van der Waals surface area contributed by atoms with Gasteiger partial charge in [-0.05, 0) is 19.1 Å². The van der Waals surface area contributed by atoms with Crippen molar-refractivity contribution in [1.82, 2.24) is 0 Å². The molecule has 0 unspecified atom stereocenters. The van der Waals surface area contributed by atoms with Gasteiger partial charge in [0.2, 0.25) is 11.5 Å². The van der Waals surface area contributed by atoms with Crippen molar-refractivity contribution in [3.05, 3.63) is 71.2 Å². The number of hydrogen-bond acceptors (Lipinski definition) is 6. The topological polar surface area (TPSA) is 78.9 Å². The van der Waals surface area contributed by atoms with Crippen LogP contribution >= 0.6 is 0 Å². The second-order valence-electron chi connectivity index (χ2n) is 6.39. The standard InChI is InChI=1S/C22H18O6/c1-13-14-7-3-5-9-18(14)27-20(13)17(23)12-26-22(24)21-16(11-25-2)15-8-4-6-10-19(15)28-21/h3-10H,11-12H2,1-2H3. The summed E-state index contributed by atoms with van der Waals surface area (Å²) in [4.78, 5) is 25.1. The summed E-state index contributed by atoms with van der Waals surface area (Å²) in [5.41, 5.74) is 2.49. The Labute approximate surface area is 160 Å². The minimum Gasteiger partial charge on any atom is -0.453 e. The van der Waals surface area contributed by atoms with Gasteiger partial charge in [-0.3, -0.25) is 4.79 Å². The number of carbonyl (C=O) groups excluding carboxylic acids is 2. The molecule has 0 atom stereocenters. The normalized spacial score (nSPS) is 11.2. The van der Waals surface area contributed by atoms with Crippen molar-refractivity contribution in [1.29, 1.82) is 0 Å². The molecule has 142 valence electrons. The number of ketones is 1. The minimum atomic E-state index is -0.717. The molecule has 0 aliphatic carbocycles. The van der Waals surface area contributed by atoms with Gasteiger partial charge in [0.05, 0.1) is 6.61 Å². The maximum absolute atomic E-state index is 12.5. The van der Waals surface area contributed by atoms with E-state index in [2.05, 4.69) is 0 Å². The first-order valence-corrected chi connectivity index (χ1v) is 8.78. The van der Waals surface area contributed by atoms with Gasteiger partial charge >= 0.3 is 5.97 Å². The number of benzene rings is 2. The van der Waals surface area contributed by atoms with Crippen LogP contribution in [-0.2, 0) is 16.1 Å². The van der Waals surface area contributed by atoms with Gasteiger partial charge in [-0.25, -0.2) is 4.79 Å². The van der Waals surface area contributed by atoms with E-state index < -0.39 is 18.4 Å². The SMILES string of the molecule is COCc1c(C(=O)OCC(=O)c2oc3ccccc3c2C)oc2ccccc12. The number of rotatable bonds is 6. The lowest BCUT2D eigenvalue weighted by molar-refractivity contribution is 0.0435. The zero-order valence-corrected chi connectivity index (χ0v) is 15.5. The molecule has 2 aromatic carbocycles. The highest BCUT2D eigenvalue weighted by Crippen LogP contribution is 2.28. The number of methoxy groups -OCH3 is 1. The molecule has 0 radical (unpaired) electrons. The van der Waals surface area contributed by atoms with E-state index in [1.807, 2.05) is 36.4 Å². The summed E-state index contributed by atoms with van der Waals surface area (Å²) in [5, 5.41) is 1.63. The molecule has 4 rings (SSSR count). The van der Waals surface area contributed by atoms with Gasteiger partial charge in [0.25, 0.3) is 0 Å². The summed E-state index contributed by atoms with van der Waals surface area (Å²) in [7, 11) is 1.53. The van der Waals surface area contributed by atoms with Gasteiger partial charge < -0.3 is 18.3 Å². The van der Waals surface area contributed by atoms with Crippen LogP contribution in [0.3, 0.4) is 0 Å². The van der Waals surface area contributed by atoms with E-state index >= 15 is 0 Å². The number of ether oxygens (including phenoxy) is 2. The largest absolute Gasteiger partial charge is 0.453 e. The van der Waals surface area contributed by atoms with Gasteiger partial charge in [0.1, 0.15) is 11.2 Å². The quantitative estimate of drug-likeness (QED) is 0.358. The Morgan fingerprint density at radius 2 is 1.50 bits per heavy atom. The van der Waals surface area contributed by atoms with Crippen LogP contribution in [-0.4, -0.2) is 25.5 Å². The van der Waals surface area contributed by atoms with Crippen molar-refractivity contribution in [3.8, 4) is 0 Å². The summed E-state index contributed by atoms with van der Waals surface area (Å²) in [5.74, 6) is -0.898. The lowest BCUT2D eigenvalue weighted by Gasteiger charge is -2.04. The first-order chi connectivity index (χ1) is 13.6. The molecule has 0 aliphatic rings. The minimum absolute atomic E-state index is 0.0391. The van der Waals surface area contributed by atoms with Crippen LogP contribution in [0.4, 0.5) is 0 Å². The molecule has 0 saturated carbocycles. The molecule has 2 aromatic heterocycles. The molecule has 0 fully saturated rings. The summed E-state index contributed by atoms with van der Waals surface area (Å²) in [6.45, 7) is 1.55. The van der Waals surface area contributed by atoms with E-state index in [-0.39, 0.29) is 18.1 Å². The first-order valence-electron chi connectivity index (χ1n) is 8.78. The molecular formula is C22H18O6. The van der Waals surface area contributed by atoms with Crippen LogP contribution in [0.5, 0.6) is 0 Å². The van der Waals surface area contributed by atoms with Crippen LogP contribution in [0.25, 0.3) is 21.9 Å². The third-order valence-corrected chi connectivity index (χ3v) is 4.60. The number of furan rings is 2. The smallest absolute Gasteiger partial charge is 0.375 e. The average Bonchev–Trinajstić information content (AvgIpc) is 3.25. The number of para-hydroxylation sites is 2. The molecule has 0 amide bonds. The predicted molar refractivity (Wildman–Crippen MR) is 102 cm³/mol. The molecule has 0 saturated heterocycles. The van der Waals surface area contributed by atoms with Crippen molar-refractivity contribution in [2.24, 2.45) is 0 Å². The predicted octanol–water partition coefficient (Wildman–Crippen LogP) is 4.67. The molecule has 6 heteroatoms. The molecule has 0 bridgehead atoms. The molecule has 0 aliphatic heterocycles. The van der Waals surface area contributed by atoms with Crippen molar-refractivity contribution in [2.75, 3.05) is 13.7 Å². The highest BCUT2D eigenvalue weighted by Gasteiger charge is 2.24. The Morgan fingerprint density at radius 3 is 2.18 bits per heavy atom. The van der Waals surface area contributed by atoms with Crippen LogP contribution in [0.15, 0.2) is 57.4 Å². The molecular weight excluding hydrogens is 360 g/mol. The van der Waals surface area contributed by atoms with Crippen LogP contribution < -0.4 is 0 Å². The number of fused-ring (bicyclic) bond motifs is 2. The molecule has 2 heterocycles. The van der Waals surface area contributed by atoms with Crippen molar-refractivity contribution < 1.29 is 27.9 Å². The van der Waals surface area contributed by atoms with E-state index in [0.29, 0.717) is 16.7 Å². The summed E-state index contributed by atoms with van der Waals surface area (Å²) in [6, 6.07) is 14.6. The number of hydrogen-bond donors (Lipinski definition) is 0. The zero-order valence-electron chi connectivity index (χ0n) is 15.5. The summed E-state index contributed by atoms with van der Waals surface area (Å²) < 4.78 is 21.7. The van der Waals surface area contributed by atoms with E-state index in [1.54, 1.807) is 19.1 Å². The number of esters is 1. The Morgan fingerprint density at radius 1 is 0.893 bits per heavy atom. The zero-order chi connectivity index (χ0) is 19.7. The second-order valence-corrected chi connectivity index (χ2v) is 6.39. The Hall–Kier alpha value is -3.38. The van der Waals surface area contributed by atoms with Gasteiger partial charge in [-0.15, -0.1) is 0 Å². The van der Waals surface area contributed by atoms with Gasteiger partial charge in [0.15, 0.2) is 12.4 Å². The fourth-order valence-electron chi connectivity index (χ4n) is 3.25. The van der Waals surface area contributed by atoms with Crippen molar-refractivity contribution in [2.45, 2.75) is 13.5 Å². The Kier molecular flexibility index (Phi) is 4.71. The van der Waals surface area contributed by atoms with E-state index in [0.717, 1.165) is 16.3 Å². The maximum Gasteiger partial charge on any atom is 0.375 e. The molecule has 4 aromatic rings.